The Kier molecular flexibility index (Phi) is 5.98. The number of benzene rings is 2. The molecule has 1 N–H and O–H groups in total. The molecular formula is C18H18ClN5O2S. The number of ether oxygens (including phenoxy) is 1. The van der Waals surface area contributed by atoms with Gasteiger partial charge in [0.25, 0.3) is 0 Å². The Morgan fingerprint density at radius 3 is 2.70 bits per heavy atom. The fourth-order valence-electron chi connectivity index (χ4n) is 2.36. The lowest BCUT2D eigenvalue weighted by Gasteiger charge is -2.13. The minimum absolute atomic E-state index is 0.159. The molecule has 0 saturated carbocycles. The van der Waals surface area contributed by atoms with E-state index in [1.165, 1.54) is 11.8 Å². The van der Waals surface area contributed by atoms with Crippen LogP contribution < -0.4 is 10.1 Å². The first-order chi connectivity index (χ1) is 13.0. The first-order valence-corrected chi connectivity index (χ1v) is 9.40. The number of anilines is 1. The second-order valence-corrected chi connectivity index (χ2v) is 7.55. The smallest absolute Gasteiger partial charge is 0.237 e. The van der Waals surface area contributed by atoms with Crippen molar-refractivity contribution in [3.05, 3.63) is 53.1 Å². The summed E-state index contributed by atoms with van der Waals surface area (Å²) < 4.78 is 6.98. The van der Waals surface area contributed by atoms with Gasteiger partial charge in [-0.2, -0.15) is 4.68 Å². The van der Waals surface area contributed by atoms with Gasteiger partial charge in [-0.05, 0) is 66.2 Å². The fourth-order valence-corrected chi connectivity index (χ4v) is 3.28. The first kappa shape index (κ1) is 19.2. The predicted octanol–water partition coefficient (Wildman–Crippen LogP) is 3.75. The molecule has 3 aromatic rings. The number of tetrazole rings is 1. The highest BCUT2D eigenvalue weighted by Gasteiger charge is 2.21. The van der Waals surface area contributed by atoms with E-state index in [4.69, 9.17) is 16.3 Å². The molecule has 27 heavy (non-hydrogen) atoms. The van der Waals surface area contributed by atoms with Crippen LogP contribution in [0, 0.1) is 6.92 Å². The van der Waals surface area contributed by atoms with E-state index < -0.39 is 5.25 Å². The Bertz CT molecular complexity index is 945. The van der Waals surface area contributed by atoms with Gasteiger partial charge in [0.05, 0.1) is 12.4 Å². The van der Waals surface area contributed by atoms with Crippen LogP contribution in [0.3, 0.4) is 0 Å². The number of thioether (sulfide) groups is 1. The van der Waals surface area contributed by atoms with Crippen molar-refractivity contribution in [1.29, 1.82) is 0 Å². The highest BCUT2D eigenvalue weighted by Crippen LogP contribution is 2.29. The lowest BCUT2D eigenvalue weighted by Crippen LogP contribution is -2.22. The molecule has 1 heterocycles. The van der Waals surface area contributed by atoms with Gasteiger partial charge < -0.3 is 10.1 Å². The molecule has 9 heteroatoms. The first-order valence-electron chi connectivity index (χ1n) is 8.14. The summed E-state index contributed by atoms with van der Waals surface area (Å²) in [7, 11) is 1.59. The standard InChI is InChI=1S/C18H18ClN5O2S/c1-11-4-9-16(26-3)15(10-11)24-18(21-22-23-24)27-12(2)17(25)20-14-7-5-13(19)6-8-14/h4-10,12H,1-3H3,(H,20,25)/t12-/m1/s1. The van der Waals surface area contributed by atoms with Gasteiger partial charge in [0.15, 0.2) is 0 Å². The molecule has 0 fully saturated rings. The zero-order valence-corrected chi connectivity index (χ0v) is 16.6. The third-order valence-electron chi connectivity index (χ3n) is 3.77. The van der Waals surface area contributed by atoms with Gasteiger partial charge in [-0.15, -0.1) is 5.10 Å². The maximum Gasteiger partial charge on any atom is 0.237 e. The van der Waals surface area contributed by atoms with Crippen molar-refractivity contribution >= 4 is 35.0 Å². The van der Waals surface area contributed by atoms with Crippen molar-refractivity contribution in [2.45, 2.75) is 24.3 Å². The summed E-state index contributed by atoms with van der Waals surface area (Å²) in [5.41, 5.74) is 2.44. The maximum absolute atomic E-state index is 12.5. The maximum atomic E-state index is 12.5. The van der Waals surface area contributed by atoms with Gasteiger partial charge >= 0.3 is 0 Å². The zero-order chi connectivity index (χ0) is 19.4. The molecule has 140 valence electrons. The highest BCUT2D eigenvalue weighted by atomic mass is 35.5. The largest absolute Gasteiger partial charge is 0.494 e. The van der Waals surface area contributed by atoms with E-state index in [0.717, 1.165) is 11.3 Å². The Balaban J connectivity index is 1.77. The van der Waals surface area contributed by atoms with Crippen LogP contribution in [0.25, 0.3) is 5.69 Å². The van der Waals surface area contributed by atoms with Gasteiger partial charge in [-0.25, -0.2) is 0 Å². The molecule has 0 radical (unpaired) electrons. The number of aromatic nitrogens is 4. The third-order valence-corrected chi connectivity index (χ3v) is 5.05. The molecule has 0 aliphatic heterocycles. The van der Waals surface area contributed by atoms with Crippen molar-refractivity contribution in [2.24, 2.45) is 0 Å². The molecule has 0 saturated heterocycles. The molecule has 0 spiro atoms. The minimum Gasteiger partial charge on any atom is -0.494 e. The normalized spacial score (nSPS) is 11.9. The zero-order valence-electron chi connectivity index (χ0n) is 15.0. The van der Waals surface area contributed by atoms with E-state index >= 15 is 0 Å². The van der Waals surface area contributed by atoms with Crippen molar-refractivity contribution in [3.8, 4) is 11.4 Å². The molecule has 0 unspecified atom stereocenters. The number of nitrogens with zero attached hydrogens (tertiary/aromatic N) is 4. The second kappa shape index (κ2) is 8.41. The number of carbonyl (C=O) groups is 1. The van der Waals surface area contributed by atoms with Crippen LogP contribution in [0.2, 0.25) is 5.02 Å². The number of carbonyl (C=O) groups excluding carboxylic acids is 1. The molecule has 1 atom stereocenters. The van der Waals surface area contributed by atoms with Gasteiger partial charge in [0, 0.05) is 10.7 Å². The summed E-state index contributed by atoms with van der Waals surface area (Å²) >= 11 is 7.13. The van der Waals surface area contributed by atoms with Crippen LogP contribution in [-0.2, 0) is 4.79 Å². The molecule has 0 aliphatic rings. The number of hydrogen-bond donors (Lipinski definition) is 1. The molecule has 3 rings (SSSR count). The van der Waals surface area contributed by atoms with Crippen LogP contribution in [0.15, 0.2) is 47.6 Å². The Labute approximate surface area is 166 Å². The van der Waals surface area contributed by atoms with Crippen LogP contribution in [0.1, 0.15) is 12.5 Å². The number of halogens is 1. The van der Waals surface area contributed by atoms with Gasteiger partial charge in [-0.3, -0.25) is 4.79 Å². The van der Waals surface area contributed by atoms with E-state index in [9.17, 15) is 4.79 Å². The quantitative estimate of drug-likeness (QED) is 0.631. The fraction of sp³-hybridized carbons (Fsp3) is 0.222. The molecule has 0 aliphatic carbocycles. The van der Waals surface area contributed by atoms with E-state index in [2.05, 4.69) is 20.8 Å². The number of aryl methyl sites for hydroxylation is 1. The van der Waals surface area contributed by atoms with Crippen LogP contribution in [0.4, 0.5) is 5.69 Å². The van der Waals surface area contributed by atoms with Gasteiger partial charge in [0.1, 0.15) is 11.4 Å². The summed E-state index contributed by atoms with van der Waals surface area (Å²) in [6, 6.07) is 12.7. The summed E-state index contributed by atoms with van der Waals surface area (Å²) in [5, 5.41) is 15.4. The highest BCUT2D eigenvalue weighted by molar-refractivity contribution is 8.00. The third kappa shape index (κ3) is 4.58. The van der Waals surface area contributed by atoms with Crippen LogP contribution in [0.5, 0.6) is 5.75 Å². The summed E-state index contributed by atoms with van der Waals surface area (Å²) in [5.74, 6) is 0.487. The van der Waals surface area contributed by atoms with Gasteiger partial charge in [-0.1, -0.05) is 29.4 Å². The average Bonchev–Trinajstić information content (AvgIpc) is 3.11. The molecule has 1 aromatic heterocycles. The van der Waals surface area contributed by atoms with E-state index in [0.29, 0.717) is 21.6 Å². The van der Waals surface area contributed by atoms with Gasteiger partial charge in [0.2, 0.25) is 11.1 Å². The molecule has 2 aromatic carbocycles. The monoisotopic (exact) mass is 403 g/mol. The van der Waals surface area contributed by atoms with E-state index in [1.54, 1.807) is 43.0 Å². The second-order valence-electron chi connectivity index (χ2n) is 5.80. The van der Waals surface area contributed by atoms with Crippen molar-refractivity contribution in [1.82, 2.24) is 20.2 Å². The van der Waals surface area contributed by atoms with Crippen molar-refractivity contribution in [2.75, 3.05) is 12.4 Å². The van der Waals surface area contributed by atoms with Crippen LogP contribution in [-0.4, -0.2) is 38.5 Å². The number of amides is 1. The SMILES string of the molecule is COc1ccc(C)cc1-n1nnnc1S[C@H](C)C(=O)Nc1ccc(Cl)cc1. The average molecular weight is 404 g/mol. The summed E-state index contributed by atoms with van der Waals surface area (Å²) in [6.07, 6.45) is 0. The number of methoxy groups -OCH3 is 1. The number of nitrogens with one attached hydrogen (secondary N) is 1. The summed E-state index contributed by atoms with van der Waals surface area (Å²) in [4.78, 5) is 12.5. The van der Waals surface area contributed by atoms with E-state index in [1.807, 2.05) is 25.1 Å². The summed E-state index contributed by atoms with van der Waals surface area (Å²) in [6.45, 7) is 3.77. The molecule has 1 amide bonds. The Morgan fingerprint density at radius 1 is 1.26 bits per heavy atom. The van der Waals surface area contributed by atoms with E-state index in [-0.39, 0.29) is 5.91 Å². The molecule has 0 bridgehead atoms. The number of rotatable bonds is 6. The van der Waals surface area contributed by atoms with Crippen LogP contribution >= 0.6 is 23.4 Å². The Morgan fingerprint density at radius 2 is 2.00 bits per heavy atom. The minimum atomic E-state index is -0.416. The topological polar surface area (TPSA) is 81.9 Å². The van der Waals surface area contributed by atoms with Crippen molar-refractivity contribution < 1.29 is 9.53 Å². The lowest BCUT2D eigenvalue weighted by atomic mass is 10.2. The predicted molar refractivity (Wildman–Crippen MR) is 106 cm³/mol. The molecule has 7 nitrogen and oxygen atoms in total. The number of hydrogen-bond acceptors (Lipinski definition) is 6. The lowest BCUT2D eigenvalue weighted by molar-refractivity contribution is -0.115. The molecular weight excluding hydrogens is 386 g/mol. The van der Waals surface area contributed by atoms with Crippen molar-refractivity contribution in [3.63, 3.8) is 0 Å². The Hall–Kier alpha value is -2.58.